The van der Waals surface area contributed by atoms with Crippen LogP contribution in [0.4, 0.5) is 5.69 Å². The predicted octanol–water partition coefficient (Wildman–Crippen LogP) is 0.631. The Morgan fingerprint density at radius 1 is 1.60 bits per heavy atom. The number of nitro groups is 1. The molecule has 1 aromatic carbocycles. The van der Waals surface area contributed by atoms with Gasteiger partial charge < -0.3 is 10.5 Å². The van der Waals surface area contributed by atoms with Crippen LogP contribution in [0.1, 0.15) is 5.56 Å². The predicted molar refractivity (Wildman–Crippen MR) is 52.5 cm³/mol. The van der Waals surface area contributed by atoms with E-state index in [1.807, 2.05) is 0 Å². The van der Waals surface area contributed by atoms with Gasteiger partial charge in [-0.1, -0.05) is 6.07 Å². The van der Waals surface area contributed by atoms with E-state index in [9.17, 15) is 14.9 Å². The maximum atomic E-state index is 10.6. The highest BCUT2D eigenvalue weighted by molar-refractivity contribution is 5.77. The second kappa shape index (κ2) is 4.41. The Labute approximate surface area is 85.8 Å². The number of nitrogens with two attached hydrogens (primary N) is 1. The first-order valence-electron chi connectivity index (χ1n) is 4.14. The molecule has 0 fully saturated rings. The number of hydrogen-bond acceptors (Lipinski definition) is 4. The van der Waals surface area contributed by atoms with Crippen LogP contribution in [-0.4, -0.2) is 17.9 Å². The SMILES string of the molecule is COc1cc(CC(N)=O)ccc1[N+](=O)[O-]. The van der Waals surface area contributed by atoms with Crippen molar-refractivity contribution in [2.24, 2.45) is 5.73 Å². The second-order valence-corrected chi connectivity index (χ2v) is 2.91. The van der Waals surface area contributed by atoms with Gasteiger partial charge in [0.1, 0.15) is 0 Å². The number of ether oxygens (including phenoxy) is 1. The van der Waals surface area contributed by atoms with Gasteiger partial charge in [0.05, 0.1) is 18.5 Å². The number of benzene rings is 1. The van der Waals surface area contributed by atoms with Crippen molar-refractivity contribution < 1.29 is 14.5 Å². The van der Waals surface area contributed by atoms with Crippen LogP contribution in [0.5, 0.6) is 5.75 Å². The molecule has 1 rings (SSSR count). The maximum absolute atomic E-state index is 10.6. The molecule has 2 N–H and O–H groups in total. The van der Waals surface area contributed by atoms with Gasteiger partial charge in [0, 0.05) is 6.07 Å². The summed E-state index contributed by atoms with van der Waals surface area (Å²) in [6.45, 7) is 0. The van der Waals surface area contributed by atoms with E-state index in [0.29, 0.717) is 5.56 Å². The lowest BCUT2D eigenvalue weighted by molar-refractivity contribution is -0.385. The van der Waals surface area contributed by atoms with Crippen LogP contribution in [0, 0.1) is 10.1 Å². The lowest BCUT2D eigenvalue weighted by Crippen LogP contribution is -2.13. The molecular weight excluding hydrogens is 200 g/mol. The Balaban J connectivity index is 3.07. The van der Waals surface area contributed by atoms with Gasteiger partial charge in [0.2, 0.25) is 5.91 Å². The monoisotopic (exact) mass is 210 g/mol. The average molecular weight is 210 g/mol. The Morgan fingerprint density at radius 3 is 2.73 bits per heavy atom. The number of carbonyl (C=O) groups excluding carboxylic acids is 1. The molecule has 1 amide bonds. The molecule has 80 valence electrons. The second-order valence-electron chi connectivity index (χ2n) is 2.91. The van der Waals surface area contributed by atoms with Crippen molar-refractivity contribution in [3.05, 3.63) is 33.9 Å². The molecule has 0 aliphatic heterocycles. The Kier molecular flexibility index (Phi) is 3.22. The fourth-order valence-electron chi connectivity index (χ4n) is 1.18. The topological polar surface area (TPSA) is 95.5 Å². The molecule has 6 nitrogen and oxygen atoms in total. The normalized spacial score (nSPS) is 9.67. The van der Waals surface area contributed by atoms with Crippen molar-refractivity contribution in [1.29, 1.82) is 0 Å². The summed E-state index contributed by atoms with van der Waals surface area (Å²) in [4.78, 5) is 20.6. The van der Waals surface area contributed by atoms with Crippen LogP contribution in [0.3, 0.4) is 0 Å². The van der Waals surface area contributed by atoms with Crippen molar-refractivity contribution in [3.8, 4) is 5.75 Å². The van der Waals surface area contributed by atoms with Crippen molar-refractivity contribution in [2.45, 2.75) is 6.42 Å². The Morgan fingerprint density at radius 2 is 2.27 bits per heavy atom. The molecule has 0 radical (unpaired) electrons. The average Bonchev–Trinajstić information content (AvgIpc) is 2.16. The van der Waals surface area contributed by atoms with Crippen molar-refractivity contribution in [3.63, 3.8) is 0 Å². The minimum atomic E-state index is -0.549. The summed E-state index contributed by atoms with van der Waals surface area (Å²) in [7, 11) is 1.33. The van der Waals surface area contributed by atoms with E-state index in [2.05, 4.69) is 0 Å². The lowest BCUT2D eigenvalue weighted by Gasteiger charge is -2.03. The Hall–Kier alpha value is -2.11. The van der Waals surface area contributed by atoms with Crippen LogP contribution in [0.2, 0.25) is 0 Å². The van der Waals surface area contributed by atoms with E-state index >= 15 is 0 Å². The summed E-state index contributed by atoms with van der Waals surface area (Å²) in [5, 5.41) is 10.5. The molecule has 0 aliphatic carbocycles. The fraction of sp³-hybridized carbons (Fsp3) is 0.222. The number of nitro benzene ring substituents is 1. The third-order valence-corrected chi connectivity index (χ3v) is 1.82. The minimum Gasteiger partial charge on any atom is -0.490 e. The minimum absolute atomic E-state index is 0.0361. The van der Waals surface area contributed by atoms with Gasteiger partial charge >= 0.3 is 5.69 Å². The van der Waals surface area contributed by atoms with Gasteiger partial charge in [-0.15, -0.1) is 0 Å². The molecule has 0 aliphatic rings. The molecule has 0 bridgehead atoms. The number of rotatable bonds is 4. The third kappa shape index (κ3) is 2.67. The number of hydrogen-bond donors (Lipinski definition) is 1. The van der Waals surface area contributed by atoms with E-state index in [1.165, 1.54) is 25.3 Å². The van der Waals surface area contributed by atoms with Gasteiger partial charge in [-0.05, 0) is 11.6 Å². The summed E-state index contributed by atoms with van der Waals surface area (Å²) >= 11 is 0. The zero-order valence-electron chi connectivity index (χ0n) is 8.10. The fourth-order valence-corrected chi connectivity index (χ4v) is 1.18. The lowest BCUT2D eigenvalue weighted by atomic mass is 10.1. The van der Waals surface area contributed by atoms with E-state index in [4.69, 9.17) is 10.5 Å². The molecule has 0 saturated carbocycles. The number of nitrogens with zero attached hydrogens (tertiary/aromatic N) is 1. The standard InChI is InChI=1S/C9H10N2O4/c1-15-8-4-6(5-9(10)12)2-3-7(8)11(13)14/h2-4H,5H2,1H3,(H2,10,12). The molecule has 6 heteroatoms. The summed E-state index contributed by atoms with van der Waals surface area (Å²) < 4.78 is 4.84. The highest BCUT2D eigenvalue weighted by Crippen LogP contribution is 2.27. The smallest absolute Gasteiger partial charge is 0.310 e. The van der Waals surface area contributed by atoms with E-state index < -0.39 is 10.8 Å². The van der Waals surface area contributed by atoms with Gasteiger partial charge in [0.25, 0.3) is 0 Å². The largest absolute Gasteiger partial charge is 0.490 e. The van der Waals surface area contributed by atoms with Crippen LogP contribution in [0.15, 0.2) is 18.2 Å². The maximum Gasteiger partial charge on any atom is 0.310 e. The number of primary amides is 1. The van der Waals surface area contributed by atoms with Gasteiger partial charge in [0.15, 0.2) is 5.75 Å². The third-order valence-electron chi connectivity index (χ3n) is 1.82. The van der Waals surface area contributed by atoms with E-state index in [0.717, 1.165) is 0 Å². The van der Waals surface area contributed by atoms with E-state index in [-0.39, 0.29) is 17.9 Å². The van der Waals surface area contributed by atoms with E-state index in [1.54, 1.807) is 0 Å². The summed E-state index contributed by atoms with van der Waals surface area (Å²) in [6, 6.07) is 4.20. The van der Waals surface area contributed by atoms with Gasteiger partial charge in [-0.25, -0.2) is 0 Å². The molecule has 1 aromatic rings. The highest BCUT2D eigenvalue weighted by Gasteiger charge is 2.14. The van der Waals surface area contributed by atoms with Crippen LogP contribution >= 0.6 is 0 Å². The van der Waals surface area contributed by atoms with Crippen LogP contribution in [-0.2, 0) is 11.2 Å². The molecule has 0 aromatic heterocycles. The first-order chi connectivity index (χ1) is 7.04. The molecule has 0 atom stereocenters. The molecule has 0 unspecified atom stereocenters. The summed E-state index contributed by atoms with van der Waals surface area (Å²) in [5.41, 5.74) is 5.45. The number of carbonyl (C=O) groups is 1. The summed E-state index contributed by atoms with van der Waals surface area (Å²) in [5.74, 6) is -0.371. The van der Waals surface area contributed by atoms with Crippen molar-refractivity contribution >= 4 is 11.6 Å². The molecule has 0 heterocycles. The zero-order valence-corrected chi connectivity index (χ0v) is 8.10. The van der Waals surface area contributed by atoms with Crippen molar-refractivity contribution in [1.82, 2.24) is 0 Å². The Bertz CT molecular complexity index is 403. The highest BCUT2D eigenvalue weighted by atomic mass is 16.6. The first-order valence-corrected chi connectivity index (χ1v) is 4.14. The zero-order chi connectivity index (χ0) is 11.4. The summed E-state index contributed by atoms with van der Waals surface area (Å²) in [6.07, 6.45) is 0.0361. The quantitative estimate of drug-likeness (QED) is 0.582. The molecular formula is C9H10N2O4. The van der Waals surface area contributed by atoms with Gasteiger partial charge in [-0.3, -0.25) is 14.9 Å². The molecule has 0 saturated heterocycles. The van der Waals surface area contributed by atoms with Crippen LogP contribution < -0.4 is 10.5 Å². The molecule has 15 heavy (non-hydrogen) atoms. The van der Waals surface area contributed by atoms with Crippen LogP contribution in [0.25, 0.3) is 0 Å². The number of amides is 1. The molecule has 0 spiro atoms. The number of methoxy groups -OCH3 is 1. The first kappa shape index (κ1) is 11.0. The van der Waals surface area contributed by atoms with Crippen molar-refractivity contribution in [2.75, 3.05) is 7.11 Å². The van der Waals surface area contributed by atoms with Gasteiger partial charge in [-0.2, -0.15) is 0 Å².